The molecule has 3 N–H and O–H groups in total. The number of nitrogens with one attached hydrogen (secondary N) is 3. The molecule has 0 saturated carbocycles. The Morgan fingerprint density at radius 2 is 1.76 bits per heavy atom. The minimum atomic E-state index is -3.10. The summed E-state index contributed by atoms with van der Waals surface area (Å²) in [6, 6.07) is 10.2. The molecule has 0 aliphatic rings. The number of hydrogen-bond donors (Lipinski definition) is 3. The van der Waals surface area contributed by atoms with Crippen molar-refractivity contribution in [3.8, 4) is 0 Å². The van der Waals surface area contributed by atoms with Crippen molar-refractivity contribution in [2.45, 2.75) is 12.8 Å². The number of hydrogen-bond acceptors (Lipinski definition) is 3. The van der Waals surface area contributed by atoms with Gasteiger partial charge in [0.2, 0.25) is 10.0 Å². The molecule has 0 radical (unpaired) electrons. The number of rotatable bonds is 8. The maximum Gasteiger partial charge on any atom is 0.208 e. The van der Waals surface area contributed by atoms with E-state index in [-0.39, 0.29) is 0 Å². The Labute approximate surface area is 127 Å². The molecular weight excluding hydrogens is 288 g/mol. The van der Waals surface area contributed by atoms with Gasteiger partial charge in [-0.15, -0.1) is 0 Å². The molecule has 0 heterocycles. The zero-order valence-corrected chi connectivity index (χ0v) is 13.4. The molecule has 7 heteroatoms. The fraction of sp³-hybridized carbons (Fsp3) is 0.500. The van der Waals surface area contributed by atoms with Crippen molar-refractivity contribution in [2.24, 2.45) is 4.99 Å². The van der Waals surface area contributed by atoms with Gasteiger partial charge >= 0.3 is 0 Å². The smallest absolute Gasteiger partial charge is 0.208 e. The average molecular weight is 312 g/mol. The van der Waals surface area contributed by atoms with Crippen LogP contribution in [0.4, 0.5) is 0 Å². The summed E-state index contributed by atoms with van der Waals surface area (Å²) in [5.41, 5.74) is 1.28. The molecular formula is C14H24N4O2S. The van der Waals surface area contributed by atoms with Gasteiger partial charge in [0.1, 0.15) is 0 Å². The highest BCUT2D eigenvalue weighted by molar-refractivity contribution is 7.88. The first-order valence-electron chi connectivity index (χ1n) is 6.94. The maximum atomic E-state index is 10.9. The van der Waals surface area contributed by atoms with Gasteiger partial charge in [-0.25, -0.2) is 13.1 Å². The van der Waals surface area contributed by atoms with E-state index in [0.29, 0.717) is 19.5 Å². The Morgan fingerprint density at radius 3 is 2.38 bits per heavy atom. The molecule has 0 aromatic heterocycles. The summed E-state index contributed by atoms with van der Waals surface area (Å²) < 4.78 is 24.2. The van der Waals surface area contributed by atoms with Crippen molar-refractivity contribution in [3.63, 3.8) is 0 Å². The standard InChI is InChI=1S/C14H24N4O2S/c1-15-14(16-10-6-11-18-21(2,19)20)17-12-9-13-7-4-3-5-8-13/h3-5,7-8,18H,6,9-12H2,1-2H3,(H2,15,16,17). The minimum absolute atomic E-state index is 0.423. The zero-order chi connectivity index (χ0) is 15.6. The highest BCUT2D eigenvalue weighted by atomic mass is 32.2. The highest BCUT2D eigenvalue weighted by Crippen LogP contribution is 1.97. The normalized spacial score (nSPS) is 12.2. The van der Waals surface area contributed by atoms with Crippen LogP contribution in [0.5, 0.6) is 0 Å². The molecule has 0 aliphatic carbocycles. The molecule has 0 bridgehead atoms. The quantitative estimate of drug-likeness (QED) is 0.367. The van der Waals surface area contributed by atoms with Gasteiger partial charge in [-0.1, -0.05) is 30.3 Å². The van der Waals surface area contributed by atoms with Crippen LogP contribution in [-0.4, -0.2) is 47.3 Å². The van der Waals surface area contributed by atoms with Gasteiger partial charge in [-0.05, 0) is 18.4 Å². The molecule has 6 nitrogen and oxygen atoms in total. The van der Waals surface area contributed by atoms with Crippen LogP contribution in [-0.2, 0) is 16.4 Å². The first kappa shape index (κ1) is 17.5. The van der Waals surface area contributed by atoms with Gasteiger partial charge < -0.3 is 10.6 Å². The third kappa shape index (κ3) is 9.04. The van der Waals surface area contributed by atoms with E-state index >= 15 is 0 Å². The molecule has 21 heavy (non-hydrogen) atoms. The molecule has 0 fully saturated rings. The van der Waals surface area contributed by atoms with Crippen LogP contribution in [0.1, 0.15) is 12.0 Å². The van der Waals surface area contributed by atoms with Gasteiger partial charge in [-0.3, -0.25) is 4.99 Å². The lowest BCUT2D eigenvalue weighted by molar-refractivity contribution is 0.584. The molecule has 0 aliphatic heterocycles. The van der Waals surface area contributed by atoms with E-state index in [1.165, 1.54) is 5.56 Å². The third-order valence-electron chi connectivity index (χ3n) is 2.78. The van der Waals surface area contributed by atoms with E-state index in [4.69, 9.17) is 0 Å². The Balaban J connectivity index is 2.15. The lowest BCUT2D eigenvalue weighted by Crippen LogP contribution is -2.39. The van der Waals surface area contributed by atoms with Crippen molar-refractivity contribution < 1.29 is 8.42 Å². The highest BCUT2D eigenvalue weighted by Gasteiger charge is 2.00. The Morgan fingerprint density at radius 1 is 1.10 bits per heavy atom. The van der Waals surface area contributed by atoms with Crippen LogP contribution >= 0.6 is 0 Å². The summed E-state index contributed by atoms with van der Waals surface area (Å²) in [7, 11) is -1.38. The summed E-state index contributed by atoms with van der Waals surface area (Å²) >= 11 is 0. The lowest BCUT2D eigenvalue weighted by atomic mass is 10.1. The van der Waals surface area contributed by atoms with Crippen LogP contribution in [0.2, 0.25) is 0 Å². The second-order valence-corrected chi connectivity index (χ2v) is 6.51. The van der Waals surface area contributed by atoms with E-state index in [0.717, 1.165) is 25.2 Å². The zero-order valence-electron chi connectivity index (χ0n) is 12.6. The van der Waals surface area contributed by atoms with Crippen molar-refractivity contribution >= 4 is 16.0 Å². The van der Waals surface area contributed by atoms with Crippen molar-refractivity contribution in [1.82, 2.24) is 15.4 Å². The predicted molar refractivity (Wildman–Crippen MR) is 87.0 cm³/mol. The Hall–Kier alpha value is -1.60. The lowest BCUT2D eigenvalue weighted by Gasteiger charge is -2.11. The van der Waals surface area contributed by atoms with E-state index < -0.39 is 10.0 Å². The summed E-state index contributed by atoms with van der Waals surface area (Å²) in [5, 5.41) is 6.37. The van der Waals surface area contributed by atoms with E-state index in [9.17, 15) is 8.42 Å². The summed E-state index contributed by atoms with van der Waals surface area (Å²) in [6.07, 6.45) is 2.79. The SMILES string of the molecule is CN=C(NCCCNS(C)(=O)=O)NCCc1ccccc1. The number of sulfonamides is 1. The molecule has 0 amide bonds. The summed E-state index contributed by atoms with van der Waals surface area (Å²) in [5.74, 6) is 0.727. The van der Waals surface area contributed by atoms with Gasteiger partial charge in [0, 0.05) is 26.7 Å². The fourth-order valence-electron chi connectivity index (χ4n) is 1.74. The molecule has 1 rings (SSSR count). The van der Waals surface area contributed by atoms with Crippen LogP contribution in [0.15, 0.2) is 35.3 Å². The van der Waals surface area contributed by atoms with Crippen LogP contribution in [0.3, 0.4) is 0 Å². The second-order valence-electron chi connectivity index (χ2n) is 4.68. The summed E-state index contributed by atoms with van der Waals surface area (Å²) in [6.45, 7) is 1.88. The monoisotopic (exact) mass is 312 g/mol. The van der Waals surface area contributed by atoms with Crippen molar-refractivity contribution in [3.05, 3.63) is 35.9 Å². The van der Waals surface area contributed by atoms with E-state index in [2.05, 4.69) is 32.5 Å². The number of aliphatic imine (C=N–C) groups is 1. The van der Waals surface area contributed by atoms with Gasteiger partial charge in [0.05, 0.1) is 6.26 Å². The second kappa shape index (κ2) is 9.36. The fourth-order valence-corrected chi connectivity index (χ4v) is 2.26. The number of guanidine groups is 1. The molecule has 0 atom stereocenters. The minimum Gasteiger partial charge on any atom is -0.356 e. The first-order valence-corrected chi connectivity index (χ1v) is 8.83. The van der Waals surface area contributed by atoms with Gasteiger partial charge in [0.15, 0.2) is 5.96 Å². The van der Waals surface area contributed by atoms with Crippen molar-refractivity contribution in [2.75, 3.05) is 32.9 Å². The molecule has 1 aromatic carbocycles. The molecule has 1 aromatic rings. The number of benzene rings is 1. The molecule has 0 unspecified atom stereocenters. The Bertz CT molecular complexity index is 529. The topological polar surface area (TPSA) is 82.6 Å². The first-order chi connectivity index (χ1) is 10.0. The van der Waals surface area contributed by atoms with Crippen LogP contribution < -0.4 is 15.4 Å². The van der Waals surface area contributed by atoms with Crippen LogP contribution in [0, 0.1) is 0 Å². The molecule has 0 saturated heterocycles. The van der Waals surface area contributed by atoms with Crippen LogP contribution in [0.25, 0.3) is 0 Å². The Kier molecular flexibility index (Phi) is 7.78. The average Bonchev–Trinajstić information content (AvgIpc) is 2.45. The van der Waals surface area contributed by atoms with E-state index in [1.807, 2.05) is 18.2 Å². The molecule has 0 spiro atoms. The maximum absolute atomic E-state index is 10.9. The molecule has 118 valence electrons. The van der Waals surface area contributed by atoms with Gasteiger partial charge in [0.25, 0.3) is 0 Å². The predicted octanol–water partition coefficient (Wildman–Crippen LogP) is 0.333. The van der Waals surface area contributed by atoms with E-state index in [1.54, 1.807) is 7.05 Å². The van der Waals surface area contributed by atoms with Gasteiger partial charge in [-0.2, -0.15) is 0 Å². The van der Waals surface area contributed by atoms with Crippen molar-refractivity contribution in [1.29, 1.82) is 0 Å². The number of nitrogens with zero attached hydrogens (tertiary/aromatic N) is 1. The summed E-state index contributed by atoms with van der Waals surface area (Å²) in [4.78, 5) is 4.12. The third-order valence-corrected chi connectivity index (χ3v) is 3.51. The largest absolute Gasteiger partial charge is 0.356 e.